The Morgan fingerprint density at radius 1 is 0.786 bits per heavy atom. The zero-order valence-electron chi connectivity index (χ0n) is 19.7. The first-order valence-electron chi connectivity index (χ1n) is 11.5. The van der Waals surface area contributed by atoms with Gasteiger partial charge in [0.2, 0.25) is 0 Å². The van der Waals surface area contributed by atoms with Crippen LogP contribution in [0.4, 0.5) is 0 Å². The van der Waals surface area contributed by atoms with Gasteiger partial charge in [0.15, 0.2) is 5.41 Å². The lowest BCUT2D eigenvalue weighted by molar-refractivity contribution is -0.174. The summed E-state index contributed by atoms with van der Waals surface area (Å²) in [7, 11) is 0. The Morgan fingerprint density at radius 3 is 1.79 bits per heavy atom. The summed E-state index contributed by atoms with van der Waals surface area (Å²) in [5, 5.41) is 0. The molecule has 1 atom stereocenters. The Hall–Kier alpha value is -1.06. The van der Waals surface area contributed by atoms with E-state index in [0.717, 1.165) is 19.3 Å². The summed E-state index contributed by atoms with van der Waals surface area (Å²) < 4.78 is 11.0. The van der Waals surface area contributed by atoms with Crippen LogP contribution in [0.15, 0.2) is 0 Å². The number of esters is 2. The molecule has 0 N–H and O–H groups in total. The van der Waals surface area contributed by atoms with Crippen molar-refractivity contribution in [2.75, 3.05) is 13.2 Å². The molecule has 0 spiro atoms. The Balaban J connectivity index is 4.45. The fraction of sp³-hybridized carbons (Fsp3) is 0.917. The molecule has 0 aliphatic carbocycles. The highest BCUT2D eigenvalue weighted by atomic mass is 16.6. The molecule has 0 aromatic rings. The van der Waals surface area contributed by atoms with Crippen molar-refractivity contribution in [1.82, 2.24) is 0 Å². The van der Waals surface area contributed by atoms with E-state index in [1.165, 1.54) is 32.1 Å². The van der Waals surface area contributed by atoms with Gasteiger partial charge in [-0.2, -0.15) is 0 Å². The molecular weight excluding hydrogens is 352 g/mol. The normalized spacial score (nSPS) is 13.2. The SMILES string of the molecule is CCCCCCCCCOC(=O)C(CC)(CC)C(=O)OCC(C)CC(C)(C)C. The van der Waals surface area contributed by atoms with E-state index in [1.807, 2.05) is 13.8 Å². The second-order valence-corrected chi connectivity index (χ2v) is 9.51. The quantitative estimate of drug-likeness (QED) is 0.175. The van der Waals surface area contributed by atoms with Crippen molar-refractivity contribution in [2.45, 2.75) is 113 Å². The lowest BCUT2D eigenvalue weighted by Crippen LogP contribution is -2.41. The summed E-state index contributed by atoms with van der Waals surface area (Å²) in [6.45, 7) is 15.3. The van der Waals surface area contributed by atoms with Crippen LogP contribution in [0.3, 0.4) is 0 Å². The zero-order chi connectivity index (χ0) is 21.6. The van der Waals surface area contributed by atoms with E-state index in [0.29, 0.717) is 26.1 Å². The standard InChI is InChI=1S/C24H46O4/c1-8-11-12-13-14-15-16-17-27-21(25)24(9-2,10-3)22(26)28-19-20(4)18-23(5,6)7/h20H,8-19H2,1-7H3. The summed E-state index contributed by atoms with van der Waals surface area (Å²) in [5.41, 5.74) is -0.976. The largest absolute Gasteiger partial charge is 0.465 e. The van der Waals surface area contributed by atoms with Gasteiger partial charge >= 0.3 is 11.9 Å². The Bertz CT molecular complexity index is 432. The highest BCUT2D eigenvalue weighted by Gasteiger charge is 2.46. The van der Waals surface area contributed by atoms with E-state index in [9.17, 15) is 9.59 Å². The minimum absolute atomic E-state index is 0.188. The van der Waals surface area contributed by atoms with Crippen LogP contribution in [0.2, 0.25) is 0 Å². The van der Waals surface area contributed by atoms with Gasteiger partial charge in [-0.25, -0.2) is 0 Å². The number of ether oxygens (including phenoxy) is 2. The molecule has 28 heavy (non-hydrogen) atoms. The van der Waals surface area contributed by atoms with Crippen LogP contribution in [0, 0.1) is 16.7 Å². The first kappa shape index (κ1) is 26.9. The third-order valence-electron chi connectivity index (χ3n) is 5.43. The number of carbonyl (C=O) groups excluding carboxylic acids is 2. The fourth-order valence-corrected chi connectivity index (χ4v) is 3.73. The van der Waals surface area contributed by atoms with Gasteiger partial charge in [0.05, 0.1) is 13.2 Å². The van der Waals surface area contributed by atoms with E-state index in [-0.39, 0.29) is 11.3 Å². The van der Waals surface area contributed by atoms with Crippen molar-refractivity contribution in [2.24, 2.45) is 16.7 Å². The monoisotopic (exact) mass is 398 g/mol. The average Bonchev–Trinajstić information content (AvgIpc) is 2.62. The summed E-state index contributed by atoms with van der Waals surface area (Å²) in [4.78, 5) is 25.4. The van der Waals surface area contributed by atoms with Crippen molar-refractivity contribution in [3.05, 3.63) is 0 Å². The molecule has 1 unspecified atom stereocenters. The molecule has 0 saturated heterocycles. The number of hydrogen-bond acceptors (Lipinski definition) is 4. The number of rotatable bonds is 15. The van der Waals surface area contributed by atoms with Crippen LogP contribution < -0.4 is 0 Å². The van der Waals surface area contributed by atoms with Gasteiger partial charge in [-0.05, 0) is 37.0 Å². The average molecular weight is 399 g/mol. The summed E-state index contributed by atoms with van der Waals surface area (Å²) in [5.74, 6) is -0.584. The first-order valence-corrected chi connectivity index (χ1v) is 11.5. The zero-order valence-corrected chi connectivity index (χ0v) is 19.7. The van der Waals surface area contributed by atoms with Gasteiger partial charge < -0.3 is 9.47 Å². The van der Waals surface area contributed by atoms with E-state index in [4.69, 9.17) is 9.47 Å². The third kappa shape index (κ3) is 10.5. The molecule has 0 aromatic carbocycles. The van der Waals surface area contributed by atoms with Gasteiger partial charge in [-0.3, -0.25) is 9.59 Å². The molecule has 0 aliphatic rings. The number of unbranched alkanes of at least 4 members (excludes halogenated alkanes) is 6. The molecule has 166 valence electrons. The summed E-state index contributed by atoms with van der Waals surface area (Å²) in [6.07, 6.45) is 9.96. The molecule has 4 heteroatoms. The maximum absolute atomic E-state index is 12.8. The van der Waals surface area contributed by atoms with Gasteiger partial charge in [0.1, 0.15) is 0 Å². The van der Waals surface area contributed by atoms with Gasteiger partial charge in [-0.1, -0.05) is 87.0 Å². The van der Waals surface area contributed by atoms with Crippen LogP contribution >= 0.6 is 0 Å². The van der Waals surface area contributed by atoms with E-state index in [1.54, 1.807) is 0 Å². The van der Waals surface area contributed by atoms with E-state index >= 15 is 0 Å². The Labute approximate surface area is 174 Å². The number of carbonyl (C=O) groups is 2. The topological polar surface area (TPSA) is 52.6 Å². The summed E-state index contributed by atoms with van der Waals surface area (Å²) >= 11 is 0. The van der Waals surface area contributed by atoms with Gasteiger partial charge in [-0.15, -0.1) is 0 Å². The van der Waals surface area contributed by atoms with Crippen LogP contribution in [-0.2, 0) is 19.1 Å². The van der Waals surface area contributed by atoms with Crippen LogP contribution in [0.5, 0.6) is 0 Å². The van der Waals surface area contributed by atoms with Crippen LogP contribution in [0.25, 0.3) is 0 Å². The van der Waals surface area contributed by atoms with Crippen molar-refractivity contribution in [3.63, 3.8) is 0 Å². The molecule has 4 nitrogen and oxygen atoms in total. The second kappa shape index (κ2) is 14.0. The molecule has 0 bridgehead atoms. The highest BCUT2D eigenvalue weighted by molar-refractivity contribution is 5.99. The Kier molecular flexibility index (Phi) is 13.5. The van der Waals surface area contributed by atoms with E-state index < -0.39 is 17.4 Å². The van der Waals surface area contributed by atoms with Crippen molar-refractivity contribution in [3.8, 4) is 0 Å². The first-order chi connectivity index (χ1) is 13.1. The van der Waals surface area contributed by atoms with Crippen LogP contribution in [-0.4, -0.2) is 25.2 Å². The molecule has 0 amide bonds. The molecule has 0 aliphatic heterocycles. The maximum Gasteiger partial charge on any atom is 0.323 e. The van der Waals surface area contributed by atoms with Crippen molar-refractivity contribution < 1.29 is 19.1 Å². The smallest absolute Gasteiger partial charge is 0.323 e. The van der Waals surface area contributed by atoms with Crippen molar-refractivity contribution in [1.29, 1.82) is 0 Å². The maximum atomic E-state index is 12.8. The van der Waals surface area contributed by atoms with E-state index in [2.05, 4.69) is 34.6 Å². The fourth-order valence-electron chi connectivity index (χ4n) is 3.73. The molecule has 0 radical (unpaired) electrons. The summed E-state index contributed by atoms with van der Waals surface area (Å²) in [6, 6.07) is 0. The minimum atomic E-state index is -1.16. The lowest BCUT2D eigenvalue weighted by atomic mass is 9.82. The van der Waals surface area contributed by atoms with Gasteiger partial charge in [0.25, 0.3) is 0 Å². The van der Waals surface area contributed by atoms with Gasteiger partial charge in [0, 0.05) is 0 Å². The molecule has 0 aromatic heterocycles. The number of hydrogen-bond donors (Lipinski definition) is 0. The highest BCUT2D eigenvalue weighted by Crippen LogP contribution is 2.31. The molecular formula is C24H46O4. The molecule has 0 heterocycles. The Morgan fingerprint density at radius 2 is 1.29 bits per heavy atom. The molecule has 0 rings (SSSR count). The second-order valence-electron chi connectivity index (χ2n) is 9.51. The predicted octanol–water partition coefficient (Wildman–Crippen LogP) is 6.70. The molecule has 0 saturated carbocycles. The molecule has 0 fully saturated rings. The van der Waals surface area contributed by atoms with Crippen molar-refractivity contribution >= 4 is 11.9 Å². The predicted molar refractivity (Wildman–Crippen MR) is 116 cm³/mol. The van der Waals surface area contributed by atoms with Crippen LogP contribution in [0.1, 0.15) is 113 Å². The third-order valence-corrected chi connectivity index (χ3v) is 5.43. The lowest BCUT2D eigenvalue weighted by Gasteiger charge is -2.28. The minimum Gasteiger partial charge on any atom is -0.465 e.